The lowest BCUT2D eigenvalue weighted by atomic mass is 10.2. The highest BCUT2D eigenvalue weighted by molar-refractivity contribution is 5.41. The summed E-state index contributed by atoms with van der Waals surface area (Å²) in [5.74, 6) is 0.228. The Morgan fingerprint density at radius 1 is 1.27 bits per heavy atom. The van der Waals surface area contributed by atoms with E-state index in [2.05, 4.69) is 17.1 Å². The first-order chi connectivity index (χ1) is 7.27. The maximum absolute atomic E-state index is 8.63. The lowest BCUT2D eigenvalue weighted by Gasteiger charge is -1.99. The van der Waals surface area contributed by atoms with E-state index in [1.54, 1.807) is 0 Å². The topological polar surface area (TPSA) is 80.5 Å². The van der Waals surface area contributed by atoms with Gasteiger partial charge in [0.2, 0.25) is 5.69 Å². The van der Waals surface area contributed by atoms with Crippen LogP contribution in [0.4, 0.5) is 5.82 Å². The standard InChI is InChI=1S/C10H17N5/c1-2-3-4-5-6-7-15-13-9(8-11)10(12)14-15/h2-7H2,1H3,(H2,12,14). The first-order valence-electron chi connectivity index (χ1n) is 5.38. The summed E-state index contributed by atoms with van der Waals surface area (Å²) in [7, 11) is 0. The van der Waals surface area contributed by atoms with Gasteiger partial charge in [-0.1, -0.05) is 32.6 Å². The van der Waals surface area contributed by atoms with Crippen molar-refractivity contribution in [1.29, 1.82) is 5.26 Å². The summed E-state index contributed by atoms with van der Waals surface area (Å²) in [6, 6.07) is 1.91. The maximum atomic E-state index is 8.63. The molecule has 0 radical (unpaired) electrons. The van der Waals surface area contributed by atoms with E-state index in [1.807, 2.05) is 6.07 Å². The number of nitrogen functional groups attached to an aromatic ring is 1. The third-order valence-electron chi connectivity index (χ3n) is 2.25. The minimum atomic E-state index is 0.226. The number of aryl methyl sites for hydroxylation is 1. The van der Waals surface area contributed by atoms with Crippen LogP contribution in [0.25, 0.3) is 0 Å². The van der Waals surface area contributed by atoms with Crippen LogP contribution < -0.4 is 5.73 Å². The molecule has 0 spiro atoms. The van der Waals surface area contributed by atoms with Crippen LogP contribution in [0.3, 0.4) is 0 Å². The lowest BCUT2D eigenvalue weighted by Crippen LogP contribution is -2.02. The number of hydrogen-bond donors (Lipinski definition) is 1. The molecule has 1 aromatic rings. The molecular formula is C10H17N5. The van der Waals surface area contributed by atoms with E-state index in [0.717, 1.165) is 13.0 Å². The van der Waals surface area contributed by atoms with Crippen molar-refractivity contribution in [2.75, 3.05) is 5.73 Å². The van der Waals surface area contributed by atoms with Gasteiger partial charge in [0.05, 0.1) is 6.54 Å². The van der Waals surface area contributed by atoms with Crippen molar-refractivity contribution < 1.29 is 0 Å². The molecule has 0 aliphatic heterocycles. The number of anilines is 1. The van der Waals surface area contributed by atoms with Crippen LogP contribution >= 0.6 is 0 Å². The van der Waals surface area contributed by atoms with Gasteiger partial charge < -0.3 is 5.73 Å². The third-order valence-corrected chi connectivity index (χ3v) is 2.25. The normalized spacial score (nSPS) is 10.1. The Labute approximate surface area is 89.9 Å². The zero-order valence-corrected chi connectivity index (χ0v) is 9.11. The Morgan fingerprint density at radius 3 is 2.60 bits per heavy atom. The zero-order chi connectivity index (χ0) is 11.1. The van der Waals surface area contributed by atoms with E-state index >= 15 is 0 Å². The number of nitrogens with zero attached hydrogens (tertiary/aromatic N) is 4. The van der Waals surface area contributed by atoms with Crippen LogP contribution in [-0.2, 0) is 6.54 Å². The van der Waals surface area contributed by atoms with Gasteiger partial charge in [0.1, 0.15) is 6.07 Å². The zero-order valence-electron chi connectivity index (χ0n) is 9.11. The molecule has 0 aromatic carbocycles. The summed E-state index contributed by atoms with van der Waals surface area (Å²) in [6.45, 7) is 2.94. The molecule has 0 saturated carbocycles. The molecule has 15 heavy (non-hydrogen) atoms. The Hall–Kier alpha value is -1.57. The molecule has 0 aliphatic rings. The molecule has 5 heteroatoms. The molecule has 0 amide bonds. The third kappa shape index (κ3) is 3.58. The molecular weight excluding hydrogens is 190 g/mol. The van der Waals surface area contributed by atoms with Crippen LogP contribution in [-0.4, -0.2) is 15.0 Å². The van der Waals surface area contributed by atoms with Crippen molar-refractivity contribution in [2.45, 2.75) is 45.6 Å². The second-order valence-electron chi connectivity index (χ2n) is 3.56. The van der Waals surface area contributed by atoms with Crippen molar-refractivity contribution in [2.24, 2.45) is 0 Å². The highest BCUT2D eigenvalue weighted by Crippen LogP contribution is 2.06. The van der Waals surface area contributed by atoms with Crippen LogP contribution in [0.1, 0.15) is 44.7 Å². The van der Waals surface area contributed by atoms with Crippen molar-refractivity contribution in [3.8, 4) is 6.07 Å². The summed E-state index contributed by atoms with van der Waals surface area (Å²) in [6.07, 6.45) is 5.98. The van der Waals surface area contributed by atoms with Gasteiger partial charge in [0.25, 0.3) is 0 Å². The van der Waals surface area contributed by atoms with Gasteiger partial charge in [0.15, 0.2) is 5.82 Å². The number of rotatable bonds is 6. The fraction of sp³-hybridized carbons (Fsp3) is 0.700. The van der Waals surface area contributed by atoms with Crippen molar-refractivity contribution in [1.82, 2.24) is 15.0 Å². The lowest BCUT2D eigenvalue weighted by molar-refractivity contribution is 0.486. The molecule has 0 saturated heterocycles. The minimum absolute atomic E-state index is 0.226. The Bertz CT molecular complexity index is 336. The van der Waals surface area contributed by atoms with Gasteiger partial charge in [-0.05, 0) is 6.42 Å². The summed E-state index contributed by atoms with van der Waals surface area (Å²) in [5, 5.41) is 16.6. The average molecular weight is 207 g/mol. The molecule has 82 valence electrons. The molecule has 0 fully saturated rings. The quantitative estimate of drug-likeness (QED) is 0.720. The van der Waals surface area contributed by atoms with Gasteiger partial charge >= 0.3 is 0 Å². The van der Waals surface area contributed by atoms with E-state index in [0.29, 0.717) is 0 Å². The van der Waals surface area contributed by atoms with E-state index in [4.69, 9.17) is 11.0 Å². The second kappa shape index (κ2) is 6.02. The Kier molecular flexibility index (Phi) is 4.61. The number of nitriles is 1. The monoisotopic (exact) mass is 207 g/mol. The van der Waals surface area contributed by atoms with Crippen LogP contribution in [0.15, 0.2) is 0 Å². The highest BCUT2D eigenvalue weighted by Gasteiger charge is 2.05. The van der Waals surface area contributed by atoms with Crippen LogP contribution in [0.2, 0.25) is 0 Å². The second-order valence-corrected chi connectivity index (χ2v) is 3.56. The van der Waals surface area contributed by atoms with Crippen molar-refractivity contribution in [3.63, 3.8) is 0 Å². The first-order valence-corrected chi connectivity index (χ1v) is 5.38. The molecule has 0 atom stereocenters. The average Bonchev–Trinajstić information content (AvgIpc) is 2.59. The van der Waals surface area contributed by atoms with Gasteiger partial charge in [-0.15, -0.1) is 10.2 Å². The molecule has 1 aromatic heterocycles. The van der Waals surface area contributed by atoms with E-state index in [-0.39, 0.29) is 11.5 Å². The van der Waals surface area contributed by atoms with Crippen LogP contribution in [0.5, 0.6) is 0 Å². The summed E-state index contributed by atoms with van der Waals surface area (Å²) < 4.78 is 0. The van der Waals surface area contributed by atoms with Gasteiger partial charge in [-0.2, -0.15) is 10.1 Å². The first kappa shape index (κ1) is 11.5. The molecule has 1 rings (SSSR count). The van der Waals surface area contributed by atoms with E-state index in [1.165, 1.54) is 30.5 Å². The number of hydrogen-bond acceptors (Lipinski definition) is 4. The van der Waals surface area contributed by atoms with Crippen molar-refractivity contribution >= 4 is 5.82 Å². The van der Waals surface area contributed by atoms with Crippen LogP contribution in [0, 0.1) is 11.3 Å². The molecule has 0 aliphatic carbocycles. The molecule has 1 heterocycles. The predicted molar refractivity (Wildman–Crippen MR) is 57.9 cm³/mol. The fourth-order valence-electron chi connectivity index (χ4n) is 1.40. The van der Waals surface area contributed by atoms with E-state index < -0.39 is 0 Å². The molecule has 0 bridgehead atoms. The highest BCUT2D eigenvalue weighted by atomic mass is 15.5. The smallest absolute Gasteiger partial charge is 0.206 e. The van der Waals surface area contributed by atoms with Gasteiger partial charge in [-0.3, -0.25) is 0 Å². The molecule has 5 nitrogen and oxygen atoms in total. The number of aromatic nitrogens is 3. The SMILES string of the molecule is CCCCCCCn1nc(N)c(C#N)n1. The summed E-state index contributed by atoms with van der Waals surface area (Å²) in [4.78, 5) is 1.51. The minimum Gasteiger partial charge on any atom is -0.380 e. The van der Waals surface area contributed by atoms with E-state index in [9.17, 15) is 0 Å². The predicted octanol–water partition coefficient (Wildman–Crippen LogP) is 1.70. The Morgan fingerprint density at radius 2 is 2.00 bits per heavy atom. The summed E-state index contributed by atoms with van der Waals surface area (Å²) >= 11 is 0. The Balaban J connectivity index is 2.29. The number of unbranched alkanes of at least 4 members (excludes halogenated alkanes) is 4. The molecule has 2 N–H and O–H groups in total. The largest absolute Gasteiger partial charge is 0.380 e. The molecule has 0 unspecified atom stereocenters. The van der Waals surface area contributed by atoms with Crippen molar-refractivity contribution in [3.05, 3.63) is 5.69 Å². The van der Waals surface area contributed by atoms with Gasteiger partial charge in [-0.25, -0.2) is 0 Å². The number of nitrogens with two attached hydrogens (primary N) is 1. The summed E-state index contributed by atoms with van der Waals surface area (Å²) in [5.41, 5.74) is 5.71. The van der Waals surface area contributed by atoms with Gasteiger partial charge in [0, 0.05) is 0 Å². The maximum Gasteiger partial charge on any atom is 0.206 e. The fourth-order valence-corrected chi connectivity index (χ4v) is 1.40.